The number of hydrogen-bond donors (Lipinski definition) is 1. The molecule has 1 N–H and O–H groups in total. The molecule has 0 unspecified atom stereocenters. The highest BCUT2D eigenvalue weighted by Gasteiger charge is 2.08. The Morgan fingerprint density at radius 1 is 1.15 bits per heavy atom. The minimum atomic E-state index is 0.362. The lowest BCUT2D eigenvalue weighted by molar-refractivity contribution is 0.288. The molecule has 0 aliphatic carbocycles. The summed E-state index contributed by atoms with van der Waals surface area (Å²) in [6.45, 7) is 4.71. The van der Waals surface area contributed by atoms with Crippen LogP contribution in [0.5, 0.6) is 6.01 Å². The summed E-state index contributed by atoms with van der Waals surface area (Å²) in [6.07, 6.45) is 0.918. The minimum Gasteiger partial charge on any atom is -0.463 e. The van der Waals surface area contributed by atoms with E-state index >= 15 is 0 Å². The Bertz CT molecular complexity index is 560. The average Bonchev–Trinajstić information content (AvgIpc) is 2.47. The molecular formula is C14H18N4OS. The lowest BCUT2D eigenvalue weighted by Crippen LogP contribution is -2.05. The van der Waals surface area contributed by atoms with E-state index in [2.05, 4.69) is 51.5 Å². The van der Waals surface area contributed by atoms with E-state index in [0.29, 0.717) is 23.7 Å². The van der Waals surface area contributed by atoms with Crippen molar-refractivity contribution < 1.29 is 4.74 Å². The van der Waals surface area contributed by atoms with Crippen LogP contribution in [-0.2, 0) is 0 Å². The smallest absolute Gasteiger partial charge is 0.322 e. The van der Waals surface area contributed by atoms with Crippen molar-refractivity contribution in [2.24, 2.45) is 0 Å². The van der Waals surface area contributed by atoms with Crippen LogP contribution in [0.4, 0.5) is 5.95 Å². The Balaban J connectivity index is 2.19. The van der Waals surface area contributed by atoms with Crippen LogP contribution in [0.25, 0.3) is 0 Å². The number of aryl methyl sites for hydroxylation is 1. The van der Waals surface area contributed by atoms with E-state index < -0.39 is 0 Å². The van der Waals surface area contributed by atoms with E-state index in [1.165, 1.54) is 17.3 Å². The largest absolute Gasteiger partial charge is 0.463 e. The molecule has 0 bridgehead atoms. The SMILES string of the molecule is CCCOc1nc(NC)nc(Sc2ccc(C)cc2)n1. The molecule has 1 aromatic heterocycles. The molecule has 0 atom stereocenters. The monoisotopic (exact) mass is 290 g/mol. The predicted octanol–water partition coefficient (Wildman–Crippen LogP) is 3.16. The van der Waals surface area contributed by atoms with Crippen molar-refractivity contribution >= 4 is 17.7 Å². The van der Waals surface area contributed by atoms with Crippen LogP contribution < -0.4 is 10.1 Å². The molecule has 1 aromatic carbocycles. The number of benzene rings is 1. The zero-order chi connectivity index (χ0) is 14.4. The van der Waals surface area contributed by atoms with Gasteiger partial charge in [-0.25, -0.2) is 0 Å². The maximum absolute atomic E-state index is 5.48. The van der Waals surface area contributed by atoms with E-state index in [9.17, 15) is 0 Å². The van der Waals surface area contributed by atoms with E-state index in [1.54, 1.807) is 7.05 Å². The second-order valence-corrected chi connectivity index (χ2v) is 5.28. The molecule has 6 heteroatoms. The minimum absolute atomic E-state index is 0.362. The fraction of sp³-hybridized carbons (Fsp3) is 0.357. The number of anilines is 1. The van der Waals surface area contributed by atoms with Gasteiger partial charge >= 0.3 is 6.01 Å². The lowest BCUT2D eigenvalue weighted by atomic mass is 10.2. The lowest BCUT2D eigenvalue weighted by Gasteiger charge is -2.07. The van der Waals surface area contributed by atoms with Gasteiger partial charge in [0.2, 0.25) is 11.1 Å². The first kappa shape index (κ1) is 14.6. The maximum Gasteiger partial charge on any atom is 0.322 e. The summed E-state index contributed by atoms with van der Waals surface area (Å²) in [5.74, 6) is 0.515. The zero-order valence-electron chi connectivity index (χ0n) is 11.9. The first-order chi connectivity index (χ1) is 9.71. The van der Waals surface area contributed by atoms with Gasteiger partial charge in [-0.3, -0.25) is 0 Å². The molecule has 0 aliphatic rings. The van der Waals surface area contributed by atoms with Crippen molar-refractivity contribution in [3.63, 3.8) is 0 Å². The quantitative estimate of drug-likeness (QED) is 0.882. The highest BCUT2D eigenvalue weighted by molar-refractivity contribution is 7.99. The van der Waals surface area contributed by atoms with Crippen molar-refractivity contribution in [2.75, 3.05) is 19.0 Å². The molecule has 0 saturated heterocycles. The molecule has 20 heavy (non-hydrogen) atoms. The van der Waals surface area contributed by atoms with Gasteiger partial charge in [0.1, 0.15) is 0 Å². The second kappa shape index (κ2) is 7.09. The van der Waals surface area contributed by atoms with Crippen molar-refractivity contribution in [3.05, 3.63) is 29.8 Å². The van der Waals surface area contributed by atoms with E-state index in [-0.39, 0.29) is 0 Å². The molecule has 0 amide bonds. The van der Waals surface area contributed by atoms with Crippen LogP contribution in [0, 0.1) is 6.92 Å². The molecule has 2 rings (SSSR count). The van der Waals surface area contributed by atoms with Gasteiger partial charge in [-0.1, -0.05) is 24.6 Å². The Morgan fingerprint density at radius 3 is 2.55 bits per heavy atom. The number of aromatic nitrogens is 3. The number of nitrogens with zero attached hydrogens (tertiary/aromatic N) is 3. The van der Waals surface area contributed by atoms with Gasteiger partial charge in [0.25, 0.3) is 0 Å². The van der Waals surface area contributed by atoms with Crippen LogP contribution in [0.3, 0.4) is 0 Å². The van der Waals surface area contributed by atoms with E-state index in [0.717, 1.165) is 11.3 Å². The topological polar surface area (TPSA) is 59.9 Å². The standard InChI is InChI=1S/C14H18N4OS/c1-4-9-19-13-16-12(15-3)17-14(18-13)20-11-7-5-10(2)6-8-11/h5-8H,4,9H2,1-3H3,(H,15,16,17,18). The molecule has 0 radical (unpaired) electrons. The third-order valence-electron chi connectivity index (χ3n) is 2.48. The Hall–Kier alpha value is -1.82. The van der Waals surface area contributed by atoms with Gasteiger partial charge in [-0.15, -0.1) is 0 Å². The van der Waals surface area contributed by atoms with Crippen LogP contribution in [0.2, 0.25) is 0 Å². The first-order valence-corrected chi connectivity index (χ1v) is 7.34. The third kappa shape index (κ3) is 4.09. The van der Waals surface area contributed by atoms with Gasteiger partial charge in [-0.2, -0.15) is 15.0 Å². The van der Waals surface area contributed by atoms with Crippen molar-refractivity contribution in [1.29, 1.82) is 0 Å². The van der Waals surface area contributed by atoms with Gasteiger partial charge in [0.15, 0.2) is 0 Å². The van der Waals surface area contributed by atoms with E-state index in [4.69, 9.17) is 4.74 Å². The average molecular weight is 290 g/mol. The van der Waals surface area contributed by atoms with Crippen molar-refractivity contribution in [1.82, 2.24) is 15.0 Å². The fourth-order valence-corrected chi connectivity index (χ4v) is 2.20. The predicted molar refractivity (Wildman–Crippen MR) is 80.5 cm³/mol. The summed E-state index contributed by atoms with van der Waals surface area (Å²) in [6, 6.07) is 8.60. The van der Waals surface area contributed by atoms with Crippen molar-refractivity contribution in [3.8, 4) is 6.01 Å². The Morgan fingerprint density at radius 2 is 1.90 bits per heavy atom. The molecule has 0 fully saturated rings. The number of ether oxygens (including phenoxy) is 1. The molecule has 1 heterocycles. The molecule has 106 valence electrons. The van der Waals surface area contributed by atoms with Gasteiger partial charge in [0, 0.05) is 11.9 Å². The molecule has 5 nitrogen and oxygen atoms in total. The second-order valence-electron chi connectivity index (χ2n) is 4.24. The molecule has 2 aromatic rings. The molecule has 0 aliphatic heterocycles. The van der Waals surface area contributed by atoms with E-state index in [1.807, 2.05) is 6.92 Å². The summed E-state index contributed by atoms with van der Waals surface area (Å²) in [5, 5.41) is 3.55. The highest BCUT2D eigenvalue weighted by Crippen LogP contribution is 2.26. The molecule has 0 spiro atoms. The number of rotatable bonds is 6. The summed E-state index contributed by atoms with van der Waals surface area (Å²) in [4.78, 5) is 13.9. The number of nitrogens with one attached hydrogen (secondary N) is 1. The van der Waals surface area contributed by atoms with Crippen LogP contribution in [0.15, 0.2) is 34.3 Å². The Labute approximate surface area is 123 Å². The van der Waals surface area contributed by atoms with Gasteiger partial charge in [-0.05, 0) is 37.2 Å². The van der Waals surface area contributed by atoms with Crippen LogP contribution in [0.1, 0.15) is 18.9 Å². The molecular weight excluding hydrogens is 272 g/mol. The normalized spacial score (nSPS) is 10.3. The van der Waals surface area contributed by atoms with Crippen molar-refractivity contribution in [2.45, 2.75) is 30.3 Å². The summed E-state index contributed by atoms with van der Waals surface area (Å²) < 4.78 is 5.48. The third-order valence-corrected chi connectivity index (χ3v) is 3.36. The zero-order valence-corrected chi connectivity index (χ0v) is 12.7. The summed E-state index contributed by atoms with van der Waals surface area (Å²) in [5.41, 5.74) is 1.23. The summed E-state index contributed by atoms with van der Waals surface area (Å²) in [7, 11) is 1.78. The highest BCUT2D eigenvalue weighted by atomic mass is 32.2. The van der Waals surface area contributed by atoms with Gasteiger partial charge in [0.05, 0.1) is 6.61 Å². The van der Waals surface area contributed by atoms with Crippen LogP contribution in [-0.4, -0.2) is 28.6 Å². The number of hydrogen-bond acceptors (Lipinski definition) is 6. The van der Waals surface area contributed by atoms with Gasteiger partial charge < -0.3 is 10.1 Å². The Kier molecular flexibility index (Phi) is 5.17. The first-order valence-electron chi connectivity index (χ1n) is 6.52. The van der Waals surface area contributed by atoms with Crippen LogP contribution >= 0.6 is 11.8 Å². The maximum atomic E-state index is 5.48. The summed E-state index contributed by atoms with van der Waals surface area (Å²) >= 11 is 1.49. The fourth-order valence-electron chi connectivity index (χ4n) is 1.47. The molecule has 0 saturated carbocycles.